The van der Waals surface area contributed by atoms with E-state index in [0.717, 1.165) is 5.56 Å². The Labute approximate surface area is 122 Å². The Morgan fingerprint density at radius 2 is 2.10 bits per heavy atom. The fraction of sp³-hybridized carbons (Fsp3) is 0.200. The number of halogens is 2. The van der Waals surface area contributed by atoms with Gasteiger partial charge < -0.3 is 15.2 Å². The monoisotopic (exact) mass is 295 g/mol. The molecule has 0 fully saturated rings. The van der Waals surface area contributed by atoms with Crippen molar-refractivity contribution in [2.75, 3.05) is 19.0 Å². The van der Waals surface area contributed by atoms with E-state index in [1.165, 1.54) is 12.1 Å². The van der Waals surface area contributed by atoms with Crippen molar-refractivity contribution >= 4 is 17.3 Å². The number of methoxy groups -OCH3 is 1. The van der Waals surface area contributed by atoms with E-state index in [2.05, 4.69) is 5.32 Å². The Hall–Kier alpha value is -1.78. The van der Waals surface area contributed by atoms with Crippen molar-refractivity contribution in [2.45, 2.75) is 6.10 Å². The Balaban J connectivity index is 2.02. The molecule has 0 saturated carbocycles. The molecular formula is C15H15ClFNO2. The maximum Gasteiger partial charge on any atom is 0.126 e. The zero-order chi connectivity index (χ0) is 14.5. The summed E-state index contributed by atoms with van der Waals surface area (Å²) >= 11 is 5.76. The fourth-order valence-corrected chi connectivity index (χ4v) is 2.06. The first-order chi connectivity index (χ1) is 9.58. The van der Waals surface area contributed by atoms with Gasteiger partial charge in [0.25, 0.3) is 0 Å². The number of ether oxygens (including phenoxy) is 1. The Morgan fingerprint density at radius 3 is 2.80 bits per heavy atom. The van der Waals surface area contributed by atoms with E-state index in [-0.39, 0.29) is 6.54 Å². The Kier molecular flexibility index (Phi) is 4.82. The van der Waals surface area contributed by atoms with E-state index in [4.69, 9.17) is 16.3 Å². The van der Waals surface area contributed by atoms with Crippen LogP contribution in [-0.2, 0) is 0 Å². The van der Waals surface area contributed by atoms with Gasteiger partial charge in [0.05, 0.1) is 13.2 Å². The van der Waals surface area contributed by atoms with Crippen LogP contribution in [0.25, 0.3) is 0 Å². The second-order valence-electron chi connectivity index (χ2n) is 4.33. The average molecular weight is 296 g/mol. The quantitative estimate of drug-likeness (QED) is 0.885. The van der Waals surface area contributed by atoms with Gasteiger partial charge in [-0.3, -0.25) is 0 Å². The largest absolute Gasteiger partial charge is 0.497 e. The first-order valence-electron chi connectivity index (χ1n) is 6.10. The molecule has 0 bridgehead atoms. The van der Waals surface area contributed by atoms with Crippen LogP contribution in [0.4, 0.5) is 10.1 Å². The van der Waals surface area contributed by atoms with Gasteiger partial charge in [0.15, 0.2) is 0 Å². The summed E-state index contributed by atoms with van der Waals surface area (Å²) in [6.07, 6.45) is -0.729. The van der Waals surface area contributed by atoms with E-state index in [0.29, 0.717) is 16.5 Å². The third kappa shape index (κ3) is 3.85. The highest BCUT2D eigenvalue weighted by atomic mass is 35.5. The number of hydrogen-bond acceptors (Lipinski definition) is 3. The van der Waals surface area contributed by atoms with Gasteiger partial charge in [0, 0.05) is 17.3 Å². The second kappa shape index (κ2) is 6.59. The average Bonchev–Trinajstić information content (AvgIpc) is 2.44. The van der Waals surface area contributed by atoms with Gasteiger partial charge in [-0.15, -0.1) is 0 Å². The molecule has 0 amide bonds. The van der Waals surface area contributed by atoms with Crippen LogP contribution >= 0.6 is 11.6 Å². The van der Waals surface area contributed by atoms with Gasteiger partial charge in [-0.1, -0.05) is 23.7 Å². The van der Waals surface area contributed by atoms with Gasteiger partial charge in [-0.2, -0.15) is 0 Å². The SMILES string of the molecule is COc1cccc(C(O)CNc2cc(F)cc(Cl)c2)c1. The molecule has 1 unspecified atom stereocenters. The van der Waals surface area contributed by atoms with E-state index in [1.54, 1.807) is 37.4 Å². The van der Waals surface area contributed by atoms with Gasteiger partial charge in [-0.25, -0.2) is 4.39 Å². The second-order valence-corrected chi connectivity index (χ2v) is 4.77. The van der Waals surface area contributed by atoms with E-state index in [1.807, 2.05) is 0 Å². The molecular weight excluding hydrogens is 281 g/mol. The standard InChI is InChI=1S/C15H15ClFNO2/c1-20-14-4-2-3-10(5-14)15(19)9-18-13-7-11(16)6-12(17)8-13/h2-8,15,18-19H,9H2,1H3. The van der Waals surface area contributed by atoms with Crippen molar-refractivity contribution in [3.8, 4) is 5.75 Å². The molecule has 106 valence electrons. The summed E-state index contributed by atoms with van der Waals surface area (Å²) in [5.41, 5.74) is 1.25. The minimum Gasteiger partial charge on any atom is -0.497 e. The van der Waals surface area contributed by atoms with Crippen LogP contribution in [0.5, 0.6) is 5.75 Å². The molecule has 20 heavy (non-hydrogen) atoms. The van der Waals surface area contributed by atoms with E-state index in [9.17, 15) is 9.50 Å². The van der Waals surface area contributed by atoms with Gasteiger partial charge in [-0.05, 0) is 35.9 Å². The van der Waals surface area contributed by atoms with E-state index < -0.39 is 11.9 Å². The van der Waals surface area contributed by atoms with Crippen molar-refractivity contribution < 1.29 is 14.2 Å². The molecule has 2 aromatic carbocycles. The Bertz CT molecular complexity index is 572. The van der Waals surface area contributed by atoms with E-state index >= 15 is 0 Å². The summed E-state index contributed by atoms with van der Waals surface area (Å²) in [6.45, 7) is 0.243. The van der Waals surface area contributed by atoms with Crippen LogP contribution in [0, 0.1) is 5.82 Å². The molecule has 5 heteroatoms. The minimum absolute atomic E-state index is 0.243. The van der Waals surface area contributed by atoms with Gasteiger partial charge in [0.2, 0.25) is 0 Å². The van der Waals surface area contributed by atoms with Crippen LogP contribution < -0.4 is 10.1 Å². The van der Waals surface area contributed by atoms with Crippen LogP contribution in [0.1, 0.15) is 11.7 Å². The molecule has 0 saturated heterocycles. The molecule has 0 aliphatic rings. The lowest BCUT2D eigenvalue weighted by Crippen LogP contribution is -2.12. The lowest BCUT2D eigenvalue weighted by atomic mass is 10.1. The number of rotatable bonds is 5. The van der Waals surface area contributed by atoms with Gasteiger partial charge >= 0.3 is 0 Å². The summed E-state index contributed by atoms with van der Waals surface area (Å²) in [5, 5.41) is 13.4. The van der Waals surface area contributed by atoms with Crippen LogP contribution in [-0.4, -0.2) is 18.8 Å². The molecule has 0 aliphatic carbocycles. The number of hydrogen-bond donors (Lipinski definition) is 2. The van der Waals surface area contributed by atoms with Gasteiger partial charge in [0.1, 0.15) is 11.6 Å². The summed E-state index contributed by atoms with van der Waals surface area (Å²) < 4.78 is 18.3. The fourth-order valence-electron chi connectivity index (χ4n) is 1.84. The zero-order valence-corrected chi connectivity index (χ0v) is 11.7. The highest BCUT2D eigenvalue weighted by Crippen LogP contribution is 2.21. The molecule has 2 N–H and O–H groups in total. The molecule has 2 aromatic rings. The minimum atomic E-state index is -0.729. The van der Waals surface area contributed by atoms with Crippen LogP contribution in [0.15, 0.2) is 42.5 Å². The molecule has 1 atom stereocenters. The van der Waals surface area contributed by atoms with Crippen molar-refractivity contribution in [3.05, 3.63) is 58.9 Å². The smallest absolute Gasteiger partial charge is 0.126 e. The first kappa shape index (κ1) is 14.6. The summed E-state index contributed by atoms with van der Waals surface area (Å²) in [6, 6.07) is 11.3. The maximum absolute atomic E-state index is 13.2. The molecule has 0 heterocycles. The molecule has 0 radical (unpaired) electrons. The van der Waals surface area contributed by atoms with Crippen molar-refractivity contribution in [3.63, 3.8) is 0 Å². The number of aliphatic hydroxyl groups excluding tert-OH is 1. The highest BCUT2D eigenvalue weighted by molar-refractivity contribution is 6.30. The first-order valence-corrected chi connectivity index (χ1v) is 6.48. The summed E-state index contributed by atoms with van der Waals surface area (Å²) in [7, 11) is 1.57. The number of benzene rings is 2. The summed E-state index contributed by atoms with van der Waals surface area (Å²) in [5.74, 6) is 0.256. The maximum atomic E-state index is 13.2. The number of aliphatic hydroxyl groups is 1. The topological polar surface area (TPSA) is 41.5 Å². The molecule has 0 aromatic heterocycles. The molecule has 0 spiro atoms. The zero-order valence-electron chi connectivity index (χ0n) is 10.9. The Morgan fingerprint density at radius 1 is 1.30 bits per heavy atom. The number of anilines is 1. The molecule has 3 nitrogen and oxygen atoms in total. The van der Waals surface area contributed by atoms with Crippen LogP contribution in [0.2, 0.25) is 5.02 Å². The van der Waals surface area contributed by atoms with Crippen molar-refractivity contribution in [1.82, 2.24) is 0 Å². The highest BCUT2D eigenvalue weighted by Gasteiger charge is 2.09. The molecule has 2 rings (SSSR count). The number of nitrogens with one attached hydrogen (secondary N) is 1. The normalized spacial score (nSPS) is 12.0. The third-order valence-electron chi connectivity index (χ3n) is 2.84. The van der Waals surface area contributed by atoms with Crippen LogP contribution in [0.3, 0.4) is 0 Å². The van der Waals surface area contributed by atoms with Crippen molar-refractivity contribution in [2.24, 2.45) is 0 Å². The van der Waals surface area contributed by atoms with Crippen molar-refractivity contribution in [1.29, 1.82) is 0 Å². The predicted molar refractivity (Wildman–Crippen MR) is 77.9 cm³/mol. The summed E-state index contributed by atoms with van der Waals surface area (Å²) in [4.78, 5) is 0. The lowest BCUT2D eigenvalue weighted by Gasteiger charge is -2.14. The third-order valence-corrected chi connectivity index (χ3v) is 3.06. The lowest BCUT2D eigenvalue weighted by molar-refractivity contribution is 0.191. The molecule has 0 aliphatic heterocycles. The predicted octanol–water partition coefficient (Wildman–Crippen LogP) is 3.63.